The minimum atomic E-state index is -0.515. The first-order valence-corrected chi connectivity index (χ1v) is 9.09. The quantitative estimate of drug-likeness (QED) is 0.884. The average molecular weight is 366 g/mol. The molecular formula is C21H22N2O4. The molecule has 1 N–H and O–H groups in total. The Morgan fingerprint density at radius 2 is 1.93 bits per heavy atom. The number of hydrogen-bond donors (Lipinski definition) is 1. The Balaban J connectivity index is 1.46. The van der Waals surface area contributed by atoms with Crippen molar-refractivity contribution in [1.29, 1.82) is 0 Å². The van der Waals surface area contributed by atoms with Crippen LogP contribution in [0.5, 0.6) is 11.5 Å². The fourth-order valence-electron chi connectivity index (χ4n) is 3.65. The van der Waals surface area contributed by atoms with Crippen molar-refractivity contribution in [2.24, 2.45) is 5.92 Å². The van der Waals surface area contributed by atoms with Crippen molar-refractivity contribution in [2.45, 2.75) is 33.0 Å². The number of ether oxygens (including phenoxy) is 2. The third-order valence-corrected chi connectivity index (χ3v) is 4.99. The Hall–Kier alpha value is -3.02. The molecule has 6 nitrogen and oxygen atoms in total. The van der Waals surface area contributed by atoms with E-state index in [9.17, 15) is 9.59 Å². The van der Waals surface area contributed by atoms with E-state index in [2.05, 4.69) is 5.32 Å². The van der Waals surface area contributed by atoms with Gasteiger partial charge in [-0.3, -0.25) is 9.59 Å². The highest BCUT2D eigenvalue weighted by Crippen LogP contribution is 2.32. The van der Waals surface area contributed by atoms with Gasteiger partial charge in [0.1, 0.15) is 6.04 Å². The SMILES string of the molecule is CC(C)C(C(=O)NCc1ccc2c(c1)OCO2)N1Cc2ccccc2C1=O. The number of nitrogens with zero attached hydrogens (tertiary/aromatic N) is 1. The van der Waals surface area contributed by atoms with Crippen molar-refractivity contribution in [3.8, 4) is 11.5 Å². The van der Waals surface area contributed by atoms with E-state index in [0.717, 1.165) is 11.1 Å². The number of carbonyl (C=O) groups excluding carboxylic acids is 2. The Kier molecular flexibility index (Phi) is 4.48. The van der Waals surface area contributed by atoms with Crippen molar-refractivity contribution in [1.82, 2.24) is 10.2 Å². The molecule has 27 heavy (non-hydrogen) atoms. The van der Waals surface area contributed by atoms with E-state index in [0.29, 0.717) is 30.2 Å². The molecule has 0 saturated carbocycles. The summed E-state index contributed by atoms with van der Waals surface area (Å²) in [6.45, 7) is 4.98. The maximum absolute atomic E-state index is 12.9. The summed E-state index contributed by atoms with van der Waals surface area (Å²) in [5, 5.41) is 2.97. The minimum Gasteiger partial charge on any atom is -0.454 e. The predicted molar refractivity (Wildman–Crippen MR) is 99.4 cm³/mol. The molecular weight excluding hydrogens is 344 g/mol. The minimum absolute atomic E-state index is 0.0000150. The molecule has 2 aromatic rings. The molecule has 140 valence electrons. The third-order valence-electron chi connectivity index (χ3n) is 4.99. The maximum atomic E-state index is 12.9. The second-order valence-corrected chi connectivity index (χ2v) is 7.18. The molecule has 2 aliphatic rings. The Morgan fingerprint density at radius 1 is 1.15 bits per heavy atom. The van der Waals surface area contributed by atoms with E-state index in [1.165, 1.54) is 0 Å². The number of benzene rings is 2. The largest absolute Gasteiger partial charge is 0.454 e. The Bertz CT molecular complexity index is 894. The van der Waals surface area contributed by atoms with Gasteiger partial charge < -0.3 is 19.7 Å². The molecule has 2 heterocycles. The van der Waals surface area contributed by atoms with E-state index in [1.807, 2.05) is 56.3 Å². The summed E-state index contributed by atoms with van der Waals surface area (Å²) in [7, 11) is 0. The summed E-state index contributed by atoms with van der Waals surface area (Å²) in [4.78, 5) is 27.4. The average Bonchev–Trinajstić information content (AvgIpc) is 3.25. The van der Waals surface area contributed by atoms with Crippen molar-refractivity contribution >= 4 is 11.8 Å². The normalized spacial score (nSPS) is 15.8. The topological polar surface area (TPSA) is 67.9 Å². The van der Waals surface area contributed by atoms with E-state index in [4.69, 9.17) is 9.47 Å². The van der Waals surface area contributed by atoms with Crippen molar-refractivity contribution < 1.29 is 19.1 Å². The van der Waals surface area contributed by atoms with Crippen LogP contribution in [0.2, 0.25) is 0 Å². The molecule has 6 heteroatoms. The number of hydrogen-bond acceptors (Lipinski definition) is 4. The Labute approximate surface area is 158 Å². The maximum Gasteiger partial charge on any atom is 0.255 e. The van der Waals surface area contributed by atoms with Gasteiger partial charge in [0.2, 0.25) is 12.7 Å². The lowest BCUT2D eigenvalue weighted by Gasteiger charge is -2.30. The fourth-order valence-corrected chi connectivity index (χ4v) is 3.65. The molecule has 2 aliphatic heterocycles. The number of carbonyl (C=O) groups is 2. The monoisotopic (exact) mass is 366 g/mol. The first kappa shape index (κ1) is 17.4. The van der Waals surface area contributed by atoms with Crippen LogP contribution in [0.15, 0.2) is 42.5 Å². The van der Waals surface area contributed by atoms with Gasteiger partial charge in [-0.25, -0.2) is 0 Å². The van der Waals surface area contributed by atoms with Crippen LogP contribution in [0.4, 0.5) is 0 Å². The number of nitrogens with one attached hydrogen (secondary N) is 1. The molecule has 0 aliphatic carbocycles. The number of rotatable bonds is 5. The predicted octanol–water partition coefficient (Wildman–Crippen LogP) is 2.71. The number of amides is 2. The van der Waals surface area contributed by atoms with Gasteiger partial charge in [-0.05, 0) is 35.2 Å². The van der Waals surface area contributed by atoms with Gasteiger partial charge >= 0.3 is 0 Å². The molecule has 2 aromatic carbocycles. The number of fused-ring (bicyclic) bond motifs is 2. The summed E-state index contributed by atoms with van der Waals surface area (Å²) >= 11 is 0. The fraction of sp³-hybridized carbons (Fsp3) is 0.333. The van der Waals surface area contributed by atoms with Crippen LogP contribution in [0, 0.1) is 5.92 Å². The molecule has 1 unspecified atom stereocenters. The van der Waals surface area contributed by atoms with Gasteiger partial charge in [0.05, 0.1) is 0 Å². The molecule has 0 radical (unpaired) electrons. The summed E-state index contributed by atoms with van der Waals surface area (Å²) in [5.41, 5.74) is 2.58. The molecule has 1 atom stereocenters. The second-order valence-electron chi connectivity index (χ2n) is 7.18. The smallest absolute Gasteiger partial charge is 0.255 e. The summed E-state index contributed by atoms with van der Waals surface area (Å²) < 4.78 is 10.7. The van der Waals surface area contributed by atoms with Gasteiger partial charge in [0, 0.05) is 18.7 Å². The van der Waals surface area contributed by atoms with E-state index in [1.54, 1.807) is 4.90 Å². The lowest BCUT2D eigenvalue weighted by molar-refractivity contribution is -0.127. The van der Waals surface area contributed by atoms with Crippen LogP contribution in [0.3, 0.4) is 0 Å². The summed E-state index contributed by atoms with van der Waals surface area (Å²) in [6, 6.07) is 12.6. The Morgan fingerprint density at radius 3 is 2.70 bits per heavy atom. The standard InChI is InChI=1S/C21H22N2O4/c1-13(2)19(23-11-15-5-3-4-6-16(15)21(23)25)20(24)22-10-14-7-8-17-18(9-14)27-12-26-17/h3-9,13,19H,10-12H2,1-2H3,(H,22,24). The molecule has 0 fully saturated rings. The van der Waals surface area contributed by atoms with Gasteiger partial charge in [-0.15, -0.1) is 0 Å². The van der Waals surface area contributed by atoms with Gasteiger partial charge in [-0.1, -0.05) is 38.1 Å². The zero-order chi connectivity index (χ0) is 19.0. The highest BCUT2D eigenvalue weighted by atomic mass is 16.7. The van der Waals surface area contributed by atoms with Crippen LogP contribution in [-0.4, -0.2) is 29.5 Å². The van der Waals surface area contributed by atoms with Gasteiger partial charge in [0.25, 0.3) is 5.91 Å². The van der Waals surface area contributed by atoms with E-state index >= 15 is 0 Å². The molecule has 0 bridgehead atoms. The summed E-state index contributed by atoms with van der Waals surface area (Å²) in [5.74, 6) is 1.17. The second kappa shape index (κ2) is 6.95. The first-order chi connectivity index (χ1) is 13.0. The third kappa shape index (κ3) is 3.23. The molecule has 0 aromatic heterocycles. The van der Waals surface area contributed by atoms with Crippen LogP contribution in [0.25, 0.3) is 0 Å². The highest BCUT2D eigenvalue weighted by Gasteiger charge is 2.37. The van der Waals surface area contributed by atoms with E-state index < -0.39 is 6.04 Å². The first-order valence-electron chi connectivity index (χ1n) is 9.09. The zero-order valence-electron chi connectivity index (χ0n) is 15.4. The molecule has 2 amide bonds. The summed E-state index contributed by atoms with van der Waals surface area (Å²) in [6.07, 6.45) is 0. The van der Waals surface area contributed by atoms with Crippen molar-refractivity contribution in [3.63, 3.8) is 0 Å². The zero-order valence-corrected chi connectivity index (χ0v) is 15.4. The lowest BCUT2D eigenvalue weighted by Crippen LogP contribution is -2.49. The molecule has 4 rings (SSSR count). The van der Waals surface area contributed by atoms with Crippen LogP contribution >= 0.6 is 0 Å². The lowest BCUT2D eigenvalue weighted by atomic mass is 10.0. The highest BCUT2D eigenvalue weighted by molar-refractivity contribution is 6.01. The molecule has 0 saturated heterocycles. The van der Waals surface area contributed by atoms with Crippen LogP contribution in [-0.2, 0) is 17.9 Å². The van der Waals surface area contributed by atoms with Gasteiger partial charge in [-0.2, -0.15) is 0 Å². The van der Waals surface area contributed by atoms with Crippen LogP contribution in [0.1, 0.15) is 35.3 Å². The van der Waals surface area contributed by atoms with Crippen molar-refractivity contribution in [2.75, 3.05) is 6.79 Å². The van der Waals surface area contributed by atoms with Crippen LogP contribution < -0.4 is 14.8 Å². The van der Waals surface area contributed by atoms with Gasteiger partial charge in [0.15, 0.2) is 11.5 Å². The molecule has 0 spiro atoms. The van der Waals surface area contributed by atoms with E-state index in [-0.39, 0.29) is 24.5 Å². The van der Waals surface area contributed by atoms with Crippen molar-refractivity contribution in [3.05, 3.63) is 59.2 Å².